The predicted molar refractivity (Wildman–Crippen MR) is 107 cm³/mol. The minimum atomic E-state index is 0.475. The lowest BCUT2D eigenvalue weighted by atomic mass is 9.81. The van der Waals surface area contributed by atoms with Crippen LogP contribution in [0.2, 0.25) is 5.02 Å². The zero-order chi connectivity index (χ0) is 17.1. The number of anilines is 1. The topological polar surface area (TPSA) is 27.3 Å². The highest BCUT2D eigenvalue weighted by molar-refractivity contribution is 7.80. The summed E-state index contributed by atoms with van der Waals surface area (Å²) < 4.78 is 0. The Morgan fingerprint density at radius 2 is 2.00 bits per heavy atom. The molecule has 0 spiro atoms. The molecule has 3 rings (SSSR count). The second-order valence-electron chi connectivity index (χ2n) is 7.61. The number of rotatable bonds is 4. The summed E-state index contributed by atoms with van der Waals surface area (Å²) in [6.45, 7) is 5.88. The quantitative estimate of drug-likeness (QED) is 0.758. The molecular formula is C19H28ClN3S. The first-order valence-corrected chi connectivity index (χ1v) is 9.88. The first kappa shape index (κ1) is 18.0. The molecule has 0 aromatic heterocycles. The van der Waals surface area contributed by atoms with E-state index in [9.17, 15) is 0 Å². The Labute approximate surface area is 156 Å². The zero-order valence-corrected chi connectivity index (χ0v) is 16.2. The molecule has 24 heavy (non-hydrogen) atoms. The van der Waals surface area contributed by atoms with Crippen LogP contribution in [0, 0.1) is 5.92 Å². The Kier molecular flexibility index (Phi) is 6.01. The predicted octanol–water partition coefficient (Wildman–Crippen LogP) is 4.67. The van der Waals surface area contributed by atoms with Gasteiger partial charge in [0.05, 0.1) is 0 Å². The Morgan fingerprint density at radius 3 is 2.62 bits per heavy atom. The first-order valence-electron chi connectivity index (χ1n) is 9.10. The van der Waals surface area contributed by atoms with Gasteiger partial charge in [-0.2, -0.15) is 0 Å². The molecule has 0 amide bonds. The van der Waals surface area contributed by atoms with Crippen molar-refractivity contribution >= 4 is 34.6 Å². The molecule has 1 aromatic carbocycles. The molecule has 1 unspecified atom stereocenters. The lowest BCUT2D eigenvalue weighted by Gasteiger charge is -2.49. The fraction of sp³-hybridized carbons (Fsp3) is 0.632. The highest BCUT2D eigenvalue weighted by atomic mass is 35.5. The summed E-state index contributed by atoms with van der Waals surface area (Å²) in [7, 11) is 0. The van der Waals surface area contributed by atoms with E-state index in [0.717, 1.165) is 16.6 Å². The Morgan fingerprint density at radius 1 is 1.29 bits per heavy atom. The number of hydrogen-bond donors (Lipinski definition) is 2. The highest BCUT2D eigenvalue weighted by Crippen LogP contribution is 2.34. The van der Waals surface area contributed by atoms with Crippen molar-refractivity contribution in [2.24, 2.45) is 5.92 Å². The molecule has 2 heterocycles. The van der Waals surface area contributed by atoms with Gasteiger partial charge >= 0.3 is 0 Å². The second-order valence-corrected chi connectivity index (χ2v) is 8.45. The van der Waals surface area contributed by atoms with Crippen molar-refractivity contribution in [3.05, 3.63) is 29.3 Å². The van der Waals surface area contributed by atoms with Crippen LogP contribution < -0.4 is 10.6 Å². The van der Waals surface area contributed by atoms with E-state index in [1.54, 1.807) is 0 Å². The Bertz CT molecular complexity index is 563. The van der Waals surface area contributed by atoms with Crippen LogP contribution in [-0.4, -0.2) is 34.7 Å². The number of thiocarbonyl (C=S) groups is 1. The van der Waals surface area contributed by atoms with Gasteiger partial charge < -0.3 is 10.6 Å². The van der Waals surface area contributed by atoms with E-state index in [2.05, 4.69) is 29.4 Å². The van der Waals surface area contributed by atoms with Crippen LogP contribution in [0.3, 0.4) is 0 Å². The molecule has 0 aliphatic carbocycles. The van der Waals surface area contributed by atoms with Crippen molar-refractivity contribution in [1.29, 1.82) is 0 Å². The van der Waals surface area contributed by atoms with Crippen LogP contribution in [0.25, 0.3) is 0 Å². The van der Waals surface area contributed by atoms with E-state index in [4.69, 9.17) is 23.8 Å². The fourth-order valence-corrected chi connectivity index (χ4v) is 4.71. The molecule has 1 aromatic rings. The largest absolute Gasteiger partial charge is 0.360 e. The average Bonchev–Trinajstić information content (AvgIpc) is 2.47. The van der Waals surface area contributed by atoms with Gasteiger partial charge in [-0.15, -0.1) is 0 Å². The summed E-state index contributed by atoms with van der Waals surface area (Å²) in [6, 6.07) is 9.59. The summed E-state index contributed by atoms with van der Waals surface area (Å²) in [5.41, 5.74) is 0.942. The number of piperidine rings is 2. The summed E-state index contributed by atoms with van der Waals surface area (Å²) in [4.78, 5) is 2.76. The molecule has 5 heteroatoms. The smallest absolute Gasteiger partial charge is 0.170 e. The average molecular weight is 366 g/mol. The monoisotopic (exact) mass is 365 g/mol. The summed E-state index contributed by atoms with van der Waals surface area (Å²) in [5.74, 6) is 0.739. The SMILES string of the molecule is CC(C)CN1[C@@H]2CCC[C@H]1CC(NC(=S)Nc1cccc(Cl)c1)C2. The van der Waals surface area contributed by atoms with Crippen LogP contribution in [0.15, 0.2) is 24.3 Å². The van der Waals surface area contributed by atoms with Crippen molar-refractivity contribution in [2.45, 2.75) is 64.1 Å². The van der Waals surface area contributed by atoms with Crippen molar-refractivity contribution in [3.8, 4) is 0 Å². The van der Waals surface area contributed by atoms with Gasteiger partial charge in [0.25, 0.3) is 0 Å². The van der Waals surface area contributed by atoms with E-state index in [1.807, 2.05) is 24.3 Å². The summed E-state index contributed by atoms with van der Waals surface area (Å²) in [5, 5.41) is 8.23. The second kappa shape index (κ2) is 8.03. The number of halogens is 1. The van der Waals surface area contributed by atoms with Gasteiger partial charge in [-0.3, -0.25) is 4.90 Å². The lowest BCUT2D eigenvalue weighted by Crippen LogP contribution is -2.58. The summed E-state index contributed by atoms with van der Waals surface area (Å²) >= 11 is 11.5. The van der Waals surface area contributed by atoms with Gasteiger partial charge in [0.1, 0.15) is 0 Å². The molecule has 3 nitrogen and oxygen atoms in total. The summed E-state index contributed by atoms with van der Waals surface area (Å²) in [6.07, 6.45) is 6.43. The van der Waals surface area contributed by atoms with Crippen LogP contribution in [-0.2, 0) is 0 Å². The standard InChI is InChI=1S/C19H28ClN3S/c1-13(2)12-23-17-7-4-8-18(23)11-16(10-17)22-19(24)21-15-6-3-5-14(20)9-15/h3,5-6,9,13,16-18H,4,7-8,10-12H2,1-2H3,(H2,21,22,24)/t16?,17-,18+. The third kappa shape index (κ3) is 4.62. The normalized spacial score (nSPS) is 27.1. The van der Waals surface area contributed by atoms with E-state index in [0.29, 0.717) is 23.2 Å². The van der Waals surface area contributed by atoms with Gasteiger partial charge in [-0.25, -0.2) is 0 Å². The molecule has 2 fully saturated rings. The maximum Gasteiger partial charge on any atom is 0.170 e. The number of nitrogens with one attached hydrogen (secondary N) is 2. The molecule has 2 aliphatic heterocycles. The van der Waals surface area contributed by atoms with Gasteiger partial charge in [-0.05, 0) is 62.0 Å². The molecule has 132 valence electrons. The number of nitrogens with zero attached hydrogens (tertiary/aromatic N) is 1. The molecule has 2 aliphatic rings. The minimum Gasteiger partial charge on any atom is -0.360 e. The molecule has 0 saturated carbocycles. The molecular weight excluding hydrogens is 338 g/mol. The zero-order valence-electron chi connectivity index (χ0n) is 14.6. The Balaban J connectivity index is 1.56. The molecule has 2 saturated heterocycles. The van der Waals surface area contributed by atoms with Crippen molar-refractivity contribution < 1.29 is 0 Å². The van der Waals surface area contributed by atoms with Crippen LogP contribution in [0.4, 0.5) is 5.69 Å². The van der Waals surface area contributed by atoms with Gasteiger partial charge in [0, 0.05) is 35.4 Å². The van der Waals surface area contributed by atoms with Crippen molar-refractivity contribution in [1.82, 2.24) is 10.2 Å². The highest BCUT2D eigenvalue weighted by Gasteiger charge is 2.38. The van der Waals surface area contributed by atoms with E-state index in [1.165, 1.54) is 38.6 Å². The molecule has 2 N–H and O–H groups in total. The number of benzene rings is 1. The third-order valence-corrected chi connectivity index (χ3v) is 5.57. The molecule has 2 bridgehead atoms. The van der Waals surface area contributed by atoms with Crippen molar-refractivity contribution in [2.75, 3.05) is 11.9 Å². The number of hydrogen-bond acceptors (Lipinski definition) is 2. The van der Waals surface area contributed by atoms with Crippen LogP contribution in [0.5, 0.6) is 0 Å². The van der Waals surface area contributed by atoms with E-state index < -0.39 is 0 Å². The van der Waals surface area contributed by atoms with Gasteiger partial charge in [0.15, 0.2) is 5.11 Å². The Hall–Kier alpha value is -0.840. The van der Waals surface area contributed by atoms with Crippen LogP contribution >= 0.6 is 23.8 Å². The first-order chi connectivity index (χ1) is 11.5. The third-order valence-electron chi connectivity index (χ3n) is 5.12. The van der Waals surface area contributed by atoms with Gasteiger partial charge in [0.2, 0.25) is 0 Å². The van der Waals surface area contributed by atoms with Crippen LogP contribution in [0.1, 0.15) is 46.0 Å². The van der Waals surface area contributed by atoms with Gasteiger partial charge in [-0.1, -0.05) is 37.9 Å². The minimum absolute atomic E-state index is 0.475. The maximum atomic E-state index is 6.03. The van der Waals surface area contributed by atoms with E-state index >= 15 is 0 Å². The molecule has 3 atom stereocenters. The lowest BCUT2D eigenvalue weighted by molar-refractivity contribution is 0.0191. The fourth-order valence-electron chi connectivity index (χ4n) is 4.23. The van der Waals surface area contributed by atoms with E-state index in [-0.39, 0.29) is 0 Å². The molecule has 0 radical (unpaired) electrons. The maximum absolute atomic E-state index is 6.03. The van der Waals surface area contributed by atoms with Crippen molar-refractivity contribution in [3.63, 3.8) is 0 Å². The number of fused-ring (bicyclic) bond motifs is 2.